The molecule has 0 saturated carbocycles. The summed E-state index contributed by atoms with van der Waals surface area (Å²) in [6, 6.07) is 3.85. The Balaban J connectivity index is 1.43. The SMILES string of the molecule is O=C(CCc1cccnc1)NCc1cnc(C2CCCCO2)nc1. The molecule has 2 aromatic heterocycles. The lowest BCUT2D eigenvalue weighted by Crippen LogP contribution is -2.23. The highest BCUT2D eigenvalue weighted by Crippen LogP contribution is 2.24. The van der Waals surface area contributed by atoms with Crippen molar-refractivity contribution in [3.63, 3.8) is 0 Å². The van der Waals surface area contributed by atoms with Crippen LogP contribution in [0, 0.1) is 0 Å². The van der Waals surface area contributed by atoms with Crippen LogP contribution in [0.15, 0.2) is 36.9 Å². The number of carbonyl (C=O) groups is 1. The fourth-order valence-electron chi connectivity index (χ4n) is 2.66. The van der Waals surface area contributed by atoms with Gasteiger partial charge in [-0.05, 0) is 37.3 Å². The van der Waals surface area contributed by atoms with Crippen LogP contribution in [-0.4, -0.2) is 27.5 Å². The first-order valence-corrected chi connectivity index (χ1v) is 8.39. The standard InChI is InChI=1S/C18H22N4O2/c23-17(7-6-14-4-3-8-19-10-14)20-11-15-12-21-18(22-13-15)16-5-1-2-9-24-16/h3-4,8,10,12-13,16H,1-2,5-7,9,11H2,(H,20,23). The molecule has 0 radical (unpaired) electrons. The van der Waals surface area contributed by atoms with Gasteiger partial charge in [-0.3, -0.25) is 9.78 Å². The fraction of sp³-hybridized carbons (Fsp3) is 0.444. The average molecular weight is 326 g/mol. The number of aryl methyl sites for hydroxylation is 1. The number of amides is 1. The van der Waals surface area contributed by atoms with Gasteiger partial charge in [-0.2, -0.15) is 0 Å². The van der Waals surface area contributed by atoms with Crippen LogP contribution >= 0.6 is 0 Å². The molecule has 3 rings (SSSR count). The molecule has 1 aliphatic rings. The number of rotatable bonds is 6. The van der Waals surface area contributed by atoms with E-state index in [0.717, 1.165) is 42.8 Å². The molecule has 0 aliphatic carbocycles. The molecule has 24 heavy (non-hydrogen) atoms. The summed E-state index contributed by atoms with van der Waals surface area (Å²) in [6.45, 7) is 1.22. The van der Waals surface area contributed by atoms with Crippen molar-refractivity contribution in [2.24, 2.45) is 0 Å². The van der Waals surface area contributed by atoms with Gasteiger partial charge in [-0.25, -0.2) is 9.97 Å². The zero-order valence-corrected chi connectivity index (χ0v) is 13.6. The van der Waals surface area contributed by atoms with E-state index < -0.39 is 0 Å². The highest BCUT2D eigenvalue weighted by molar-refractivity contribution is 5.76. The summed E-state index contributed by atoms with van der Waals surface area (Å²) in [7, 11) is 0. The number of aromatic nitrogens is 3. The van der Waals surface area contributed by atoms with Crippen molar-refractivity contribution >= 4 is 5.91 Å². The van der Waals surface area contributed by atoms with Gasteiger partial charge < -0.3 is 10.1 Å². The number of hydrogen-bond donors (Lipinski definition) is 1. The maximum absolute atomic E-state index is 11.9. The van der Waals surface area contributed by atoms with Crippen molar-refractivity contribution in [1.82, 2.24) is 20.3 Å². The van der Waals surface area contributed by atoms with E-state index in [1.807, 2.05) is 12.1 Å². The van der Waals surface area contributed by atoms with E-state index in [1.54, 1.807) is 24.8 Å². The molecular formula is C18H22N4O2. The van der Waals surface area contributed by atoms with Crippen molar-refractivity contribution in [3.8, 4) is 0 Å². The highest BCUT2D eigenvalue weighted by Gasteiger charge is 2.18. The van der Waals surface area contributed by atoms with Crippen LogP contribution in [0.4, 0.5) is 0 Å². The number of ether oxygens (including phenoxy) is 1. The monoisotopic (exact) mass is 326 g/mol. The van der Waals surface area contributed by atoms with Crippen molar-refractivity contribution in [2.45, 2.75) is 44.8 Å². The van der Waals surface area contributed by atoms with E-state index in [4.69, 9.17) is 4.74 Å². The molecule has 126 valence electrons. The number of hydrogen-bond acceptors (Lipinski definition) is 5. The molecule has 1 unspecified atom stereocenters. The molecule has 6 heteroatoms. The van der Waals surface area contributed by atoms with Crippen molar-refractivity contribution in [3.05, 3.63) is 53.9 Å². The molecule has 1 N–H and O–H groups in total. The number of nitrogens with zero attached hydrogens (tertiary/aromatic N) is 3. The molecule has 2 aromatic rings. The summed E-state index contributed by atoms with van der Waals surface area (Å²) in [5, 5.41) is 2.90. The highest BCUT2D eigenvalue weighted by atomic mass is 16.5. The maximum atomic E-state index is 11.9. The first-order valence-electron chi connectivity index (χ1n) is 8.39. The second-order valence-corrected chi connectivity index (χ2v) is 5.94. The third-order valence-electron chi connectivity index (χ3n) is 4.05. The smallest absolute Gasteiger partial charge is 0.220 e. The summed E-state index contributed by atoms with van der Waals surface area (Å²) in [6.07, 6.45) is 11.4. The Labute approximate surface area is 141 Å². The molecule has 1 fully saturated rings. The molecule has 3 heterocycles. The van der Waals surface area contributed by atoms with Crippen LogP contribution in [0.5, 0.6) is 0 Å². The lowest BCUT2D eigenvalue weighted by Gasteiger charge is -2.21. The third kappa shape index (κ3) is 4.83. The van der Waals surface area contributed by atoms with Crippen LogP contribution in [0.2, 0.25) is 0 Å². The molecule has 1 saturated heterocycles. The summed E-state index contributed by atoms with van der Waals surface area (Å²) < 4.78 is 5.68. The van der Waals surface area contributed by atoms with Crippen molar-refractivity contribution < 1.29 is 9.53 Å². The normalized spacial score (nSPS) is 17.4. The Hall–Kier alpha value is -2.34. The molecular weight excluding hydrogens is 304 g/mol. The Kier molecular flexibility index (Phi) is 5.85. The summed E-state index contributed by atoms with van der Waals surface area (Å²) in [5.41, 5.74) is 1.96. The van der Waals surface area contributed by atoms with Crippen molar-refractivity contribution in [2.75, 3.05) is 6.61 Å². The molecule has 0 aromatic carbocycles. The summed E-state index contributed by atoms with van der Waals surface area (Å²) in [4.78, 5) is 24.7. The molecule has 1 atom stereocenters. The van der Waals surface area contributed by atoms with Gasteiger partial charge in [0.15, 0.2) is 5.82 Å². The lowest BCUT2D eigenvalue weighted by atomic mass is 10.1. The van der Waals surface area contributed by atoms with Gasteiger partial charge >= 0.3 is 0 Å². The summed E-state index contributed by atoms with van der Waals surface area (Å²) >= 11 is 0. The number of nitrogens with one attached hydrogen (secondary N) is 1. The first kappa shape index (κ1) is 16.5. The van der Waals surface area contributed by atoms with Gasteiger partial charge in [0.25, 0.3) is 0 Å². The first-order chi connectivity index (χ1) is 11.8. The van der Waals surface area contributed by atoms with Gasteiger partial charge in [0.05, 0.1) is 0 Å². The zero-order valence-electron chi connectivity index (χ0n) is 13.6. The van der Waals surface area contributed by atoms with Crippen LogP contribution < -0.4 is 5.32 Å². The minimum atomic E-state index is 0.0125. The minimum absolute atomic E-state index is 0.0125. The molecule has 6 nitrogen and oxygen atoms in total. The van der Waals surface area contributed by atoms with Gasteiger partial charge in [-0.15, -0.1) is 0 Å². The molecule has 0 spiro atoms. The van der Waals surface area contributed by atoms with E-state index in [1.165, 1.54) is 0 Å². The molecule has 1 amide bonds. The van der Waals surface area contributed by atoms with Crippen LogP contribution in [0.1, 0.15) is 48.7 Å². The third-order valence-corrected chi connectivity index (χ3v) is 4.05. The average Bonchev–Trinajstić information content (AvgIpc) is 2.67. The van der Waals surface area contributed by atoms with E-state index in [0.29, 0.717) is 19.4 Å². The quantitative estimate of drug-likeness (QED) is 0.882. The maximum Gasteiger partial charge on any atom is 0.220 e. The van der Waals surface area contributed by atoms with Gasteiger partial charge in [0, 0.05) is 49.9 Å². The molecule has 0 bridgehead atoms. The Morgan fingerprint density at radius 3 is 2.79 bits per heavy atom. The number of carbonyl (C=O) groups excluding carboxylic acids is 1. The van der Waals surface area contributed by atoms with Gasteiger partial charge in [0.2, 0.25) is 5.91 Å². The predicted molar refractivity (Wildman–Crippen MR) is 89.0 cm³/mol. The summed E-state index contributed by atoms with van der Waals surface area (Å²) in [5.74, 6) is 0.750. The van der Waals surface area contributed by atoms with Gasteiger partial charge in [-0.1, -0.05) is 6.07 Å². The largest absolute Gasteiger partial charge is 0.370 e. The van der Waals surface area contributed by atoms with E-state index in [9.17, 15) is 4.79 Å². The lowest BCUT2D eigenvalue weighted by molar-refractivity contribution is -0.121. The van der Waals surface area contributed by atoms with Crippen LogP contribution in [-0.2, 0) is 22.5 Å². The van der Waals surface area contributed by atoms with Crippen LogP contribution in [0.25, 0.3) is 0 Å². The number of pyridine rings is 1. The predicted octanol–water partition coefficient (Wildman–Crippen LogP) is 2.36. The Morgan fingerprint density at radius 1 is 1.21 bits per heavy atom. The fourth-order valence-corrected chi connectivity index (χ4v) is 2.66. The molecule has 1 aliphatic heterocycles. The van der Waals surface area contributed by atoms with Crippen molar-refractivity contribution in [1.29, 1.82) is 0 Å². The minimum Gasteiger partial charge on any atom is -0.370 e. The second-order valence-electron chi connectivity index (χ2n) is 5.94. The Bertz CT molecular complexity index is 640. The van der Waals surface area contributed by atoms with Crippen LogP contribution in [0.3, 0.4) is 0 Å². The second kappa shape index (κ2) is 8.49. The van der Waals surface area contributed by atoms with E-state index in [-0.39, 0.29) is 12.0 Å². The van der Waals surface area contributed by atoms with E-state index >= 15 is 0 Å². The van der Waals surface area contributed by atoms with E-state index in [2.05, 4.69) is 20.3 Å². The Morgan fingerprint density at radius 2 is 2.08 bits per heavy atom. The topological polar surface area (TPSA) is 77.0 Å². The zero-order chi connectivity index (χ0) is 16.6. The van der Waals surface area contributed by atoms with Gasteiger partial charge in [0.1, 0.15) is 6.10 Å².